The number of ether oxygens (including phenoxy) is 3. The number of amides is 1. The molecule has 0 radical (unpaired) electrons. The minimum atomic E-state index is -0.570. The minimum absolute atomic E-state index is 0.0492. The summed E-state index contributed by atoms with van der Waals surface area (Å²) in [4.78, 5) is 22.1. The average molecular weight is 367 g/mol. The van der Waals surface area contributed by atoms with Crippen LogP contribution in [-0.2, 0) is 4.79 Å². The second-order valence-electron chi connectivity index (χ2n) is 4.78. The number of nitro benzene ring substituents is 1. The molecule has 132 valence electrons. The van der Waals surface area contributed by atoms with E-state index >= 15 is 0 Å². The Morgan fingerprint density at radius 1 is 1.12 bits per heavy atom. The maximum atomic E-state index is 12.0. The van der Waals surface area contributed by atoms with Crippen molar-refractivity contribution in [2.45, 2.75) is 0 Å². The predicted molar refractivity (Wildman–Crippen MR) is 91.8 cm³/mol. The Kier molecular flexibility index (Phi) is 6.02. The molecule has 0 atom stereocenters. The SMILES string of the molecule is COc1ccc(NC(=O)COc2ccc([N+](=O)[O-])cc2Cl)cc1OC. The maximum Gasteiger partial charge on any atom is 0.271 e. The van der Waals surface area contributed by atoms with Gasteiger partial charge < -0.3 is 19.5 Å². The molecule has 0 fully saturated rings. The molecule has 9 heteroatoms. The Bertz CT molecular complexity index is 796. The number of hydrogen-bond donors (Lipinski definition) is 1. The first-order chi connectivity index (χ1) is 11.9. The number of halogens is 1. The van der Waals surface area contributed by atoms with Gasteiger partial charge in [0.2, 0.25) is 0 Å². The lowest BCUT2D eigenvalue weighted by Gasteiger charge is -2.11. The van der Waals surface area contributed by atoms with Crippen LogP contribution in [0.15, 0.2) is 36.4 Å². The molecule has 2 aromatic rings. The molecular weight excluding hydrogens is 352 g/mol. The van der Waals surface area contributed by atoms with Crippen molar-refractivity contribution >= 4 is 28.9 Å². The molecule has 2 aromatic carbocycles. The Hall–Kier alpha value is -3.00. The van der Waals surface area contributed by atoms with Crippen molar-refractivity contribution in [3.8, 4) is 17.2 Å². The number of methoxy groups -OCH3 is 2. The summed E-state index contributed by atoms with van der Waals surface area (Å²) in [6.45, 7) is -0.314. The van der Waals surface area contributed by atoms with Crippen LogP contribution in [0.3, 0.4) is 0 Å². The number of hydrogen-bond acceptors (Lipinski definition) is 6. The van der Waals surface area contributed by atoms with Crippen molar-refractivity contribution < 1.29 is 23.9 Å². The molecule has 0 heterocycles. The molecular formula is C16H15ClN2O6. The van der Waals surface area contributed by atoms with E-state index in [1.165, 1.54) is 26.4 Å². The molecule has 0 bridgehead atoms. The van der Waals surface area contributed by atoms with E-state index in [2.05, 4.69) is 5.32 Å². The van der Waals surface area contributed by atoms with Gasteiger partial charge in [-0.25, -0.2) is 0 Å². The zero-order valence-corrected chi connectivity index (χ0v) is 14.2. The van der Waals surface area contributed by atoms with E-state index in [0.29, 0.717) is 17.2 Å². The van der Waals surface area contributed by atoms with Crippen LogP contribution >= 0.6 is 11.6 Å². The number of carbonyl (C=O) groups is 1. The van der Waals surface area contributed by atoms with E-state index in [-0.39, 0.29) is 23.1 Å². The Labute approximate surface area is 148 Å². The predicted octanol–water partition coefficient (Wildman–Crippen LogP) is 3.28. The van der Waals surface area contributed by atoms with Crippen LogP contribution in [0.2, 0.25) is 5.02 Å². The summed E-state index contributed by atoms with van der Waals surface area (Å²) in [6.07, 6.45) is 0. The first-order valence-electron chi connectivity index (χ1n) is 7.03. The van der Waals surface area contributed by atoms with E-state index in [0.717, 1.165) is 6.07 Å². The van der Waals surface area contributed by atoms with Gasteiger partial charge in [0.1, 0.15) is 5.75 Å². The van der Waals surface area contributed by atoms with Gasteiger partial charge in [0, 0.05) is 23.9 Å². The van der Waals surface area contributed by atoms with E-state index in [4.69, 9.17) is 25.8 Å². The average Bonchev–Trinajstić information content (AvgIpc) is 2.60. The summed E-state index contributed by atoms with van der Waals surface area (Å²) in [6, 6.07) is 8.65. The van der Waals surface area contributed by atoms with Gasteiger partial charge in [-0.3, -0.25) is 14.9 Å². The van der Waals surface area contributed by atoms with Crippen LogP contribution in [-0.4, -0.2) is 31.7 Å². The second-order valence-corrected chi connectivity index (χ2v) is 5.19. The van der Waals surface area contributed by atoms with Gasteiger partial charge in [-0.2, -0.15) is 0 Å². The van der Waals surface area contributed by atoms with Crippen molar-refractivity contribution in [3.63, 3.8) is 0 Å². The number of rotatable bonds is 7. The number of nitrogens with zero attached hydrogens (tertiary/aromatic N) is 1. The zero-order valence-electron chi connectivity index (χ0n) is 13.4. The third kappa shape index (κ3) is 4.74. The third-order valence-corrected chi connectivity index (χ3v) is 3.45. The molecule has 25 heavy (non-hydrogen) atoms. The minimum Gasteiger partial charge on any atom is -0.493 e. The van der Waals surface area contributed by atoms with Crippen LogP contribution in [0.1, 0.15) is 0 Å². The fourth-order valence-corrected chi connectivity index (χ4v) is 2.20. The molecule has 8 nitrogen and oxygen atoms in total. The van der Waals surface area contributed by atoms with Crippen molar-refractivity contribution in [1.29, 1.82) is 0 Å². The summed E-state index contributed by atoms with van der Waals surface area (Å²) < 4.78 is 15.6. The largest absolute Gasteiger partial charge is 0.493 e. The number of anilines is 1. The Balaban J connectivity index is 1.98. The highest BCUT2D eigenvalue weighted by Crippen LogP contribution is 2.30. The Morgan fingerprint density at radius 3 is 2.40 bits per heavy atom. The summed E-state index contributed by atoms with van der Waals surface area (Å²) in [5.41, 5.74) is 0.341. The van der Waals surface area contributed by atoms with Crippen LogP contribution in [0.5, 0.6) is 17.2 Å². The second kappa shape index (κ2) is 8.20. The maximum absolute atomic E-state index is 12.0. The first kappa shape index (κ1) is 18.3. The number of benzene rings is 2. The molecule has 1 N–H and O–H groups in total. The quantitative estimate of drug-likeness (QED) is 0.596. The monoisotopic (exact) mass is 366 g/mol. The van der Waals surface area contributed by atoms with Gasteiger partial charge in [0.15, 0.2) is 18.1 Å². The summed E-state index contributed by atoms with van der Waals surface area (Å²) in [5.74, 6) is 0.755. The van der Waals surface area contributed by atoms with E-state index in [9.17, 15) is 14.9 Å². The molecule has 0 aliphatic rings. The highest BCUT2D eigenvalue weighted by Gasteiger charge is 2.12. The number of carbonyl (C=O) groups excluding carboxylic acids is 1. The highest BCUT2D eigenvalue weighted by molar-refractivity contribution is 6.32. The van der Waals surface area contributed by atoms with E-state index in [1.807, 2.05) is 0 Å². The first-order valence-corrected chi connectivity index (χ1v) is 7.41. The third-order valence-electron chi connectivity index (χ3n) is 3.15. The summed E-state index contributed by atoms with van der Waals surface area (Å²) in [5, 5.41) is 13.3. The molecule has 2 rings (SSSR count). The summed E-state index contributed by atoms with van der Waals surface area (Å²) in [7, 11) is 3.00. The summed E-state index contributed by atoms with van der Waals surface area (Å²) >= 11 is 5.90. The molecule has 0 saturated carbocycles. The van der Waals surface area contributed by atoms with Crippen molar-refractivity contribution in [3.05, 3.63) is 51.5 Å². The number of nitrogens with one attached hydrogen (secondary N) is 1. The number of nitro groups is 1. The standard InChI is InChI=1S/C16H15ClN2O6/c1-23-14-5-3-10(7-15(14)24-2)18-16(20)9-25-13-6-4-11(19(21)22)8-12(13)17/h3-8H,9H2,1-2H3,(H,18,20). The lowest BCUT2D eigenvalue weighted by atomic mass is 10.2. The molecule has 0 saturated heterocycles. The van der Waals surface area contributed by atoms with Crippen LogP contribution in [0, 0.1) is 10.1 Å². The van der Waals surface area contributed by atoms with Gasteiger partial charge in [-0.1, -0.05) is 11.6 Å². The lowest BCUT2D eigenvalue weighted by molar-refractivity contribution is -0.384. The molecule has 0 aromatic heterocycles. The highest BCUT2D eigenvalue weighted by atomic mass is 35.5. The molecule has 0 aliphatic heterocycles. The molecule has 0 unspecified atom stereocenters. The van der Waals surface area contributed by atoms with Crippen molar-refractivity contribution in [2.75, 3.05) is 26.1 Å². The van der Waals surface area contributed by atoms with Crippen molar-refractivity contribution in [2.24, 2.45) is 0 Å². The van der Waals surface area contributed by atoms with Crippen LogP contribution < -0.4 is 19.5 Å². The lowest BCUT2D eigenvalue weighted by Crippen LogP contribution is -2.20. The smallest absolute Gasteiger partial charge is 0.271 e. The van der Waals surface area contributed by atoms with Crippen LogP contribution in [0.4, 0.5) is 11.4 Å². The molecule has 0 aliphatic carbocycles. The fraction of sp³-hybridized carbons (Fsp3) is 0.188. The normalized spacial score (nSPS) is 10.0. The van der Waals surface area contributed by atoms with Crippen LogP contribution in [0.25, 0.3) is 0 Å². The van der Waals surface area contributed by atoms with Gasteiger partial charge in [-0.15, -0.1) is 0 Å². The molecule has 1 amide bonds. The van der Waals surface area contributed by atoms with E-state index < -0.39 is 10.8 Å². The molecule has 0 spiro atoms. The number of non-ortho nitro benzene ring substituents is 1. The fourth-order valence-electron chi connectivity index (χ4n) is 1.97. The van der Waals surface area contributed by atoms with Gasteiger partial charge in [0.05, 0.1) is 24.2 Å². The van der Waals surface area contributed by atoms with E-state index in [1.54, 1.807) is 18.2 Å². The zero-order chi connectivity index (χ0) is 18.4. The topological polar surface area (TPSA) is 99.9 Å². The Morgan fingerprint density at radius 2 is 1.80 bits per heavy atom. The van der Waals surface area contributed by atoms with Gasteiger partial charge >= 0.3 is 0 Å². The van der Waals surface area contributed by atoms with Gasteiger partial charge in [0.25, 0.3) is 11.6 Å². The van der Waals surface area contributed by atoms with Gasteiger partial charge in [-0.05, 0) is 18.2 Å². The van der Waals surface area contributed by atoms with Crippen molar-refractivity contribution in [1.82, 2.24) is 0 Å².